The Kier molecular flexibility index (Phi) is 6.17. The van der Waals surface area contributed by atoms with Crippen molar-refractivity contribution >= 4 is 17.5 Å². The molecule has 138 valence electrons. The second-order valence-corrected chi connectivity index (χ2v) is 7.01. The molecule has 1 fully saturated rings. The third-order valence-corrected chi connectivity index (χ3v) is 5.18. The molecular weight excluding hydrogens is 350 g/mol. The van der Waals surface area contributed by atoms with Crippen molar-refractivity contribution in [1.29, 1.82) is 0 Å². The fourth-order valence-corrected chi connectivity index (χ4v) is 3.50. The fourth-order valence-electron chi connectivity index (χ4n) is 3.24. The summed E-state index contributed by atoms with van der Waals surface area (Å²) in [5, 5.41) is 0.679. The van der Waals surface area contributed by atoms with Gasteiger partial charge in [0, 0.05) is 23.6 Å². The van der Waals surface area contributed by atoms with Gasteiger partial charge in [0.1, 0.15) is 11.9 Å². The molecule has 26 heavy (non-hydrogen) atoms. The number of hydrogen-bond acceptors (Lipinski definition) is 3. The van der Waals surface area contributed by atoms with Gasteiger partial charge in [0.05, 0.1) is 20.3 Å². The maximum absolute atomic E-state index is 12.8. The topological polar surface area (TPSA) is 38.8 Å². The number of carbonyl (C=O) groups is 1. The minimum absolute atomic E-state index is 0.147. The first-order chi connectivity index (χ1) is 12.6. The number of rotatable bonds is 5. The quantitative estimate of drug-likeness (QED) is 0.777. The Bertz CT molecular complexity index is 747. The SMILES string of the molecule is COc1ccc(C(C)CC(=O)N2CCOC(c3ccccc3Cl)C2)cc1. The molecule has 0 aromatic heterocycles. The number of benzene rings is 2. The van der Waals surface area contributed by atoms with Gasteiger partial charge in [-0.05, 0) is 29.7 Å². The molecule has 2 aromatic rings. The summed E-state index contributed by atoms with van der Waals surface area (Å²) >= 11 is 6.28. The van der Waals surface area contributed by atoms with Crippen molar-refractivity contribution in [3.05, 3.63) is 64.7 Å². The minimum Gasteiger partial charge on any atom is -0.497 e. The largest absolute Gasteiger partial charge is 0.497 e. The minimum atomic E-state index is -0.169. The van der Waals surface area contributed by atoms with E-state index < -0.39 is 0 Å². The molecular formula is C21H24ClNO3. The van der Waals surface area contributed by atoms with Gasteiger partial charge < -0.3 is 14.4 Å². The van der Waals surface area contributed by atoms with Crippen molar-refractivity contribution in [3.63, 3.8) is 0 Å². The summed E-state index contributed by atoms with van der Waals surface area (Å²) in [4.78, 5) is 14.7. The molecule has 2 atom stereocenters. The molecule has 0 aliphatic carbocycles. The monoisotopic (exact) mass is 373 g/mol. The molecule has 1 amide bonds. The Labute approximate surface area is 159 Å². The van der Waals surface area contributed by atoms with Crippen LogP contribution in [0.1, 0.15) is 36.5 Å². The zero-order chi connectivity index (χ0) is 18.5. The van der Waals surface area contributed by atoms with Crippen LogP contribution in [0.4, 0.5) is 0 Å². The summed E-state index contributed by atoms with van der Waals surface area (Å²) in [5.74, 6) is 1.12. The van der Waals surface area contributed by atoms with E-state index in [-0.39, 0.29) is 17.9 Å². The predicted octanol–water partition coefficient (Wildman–Crippen LogP) is 4.44. The van der Waals surface area contributed by atoms with Gasteiger partial charge in [-0.1, -0.05) is 48.9 Å². The molecule has 2 unspecified atom stereocenters. The van der Waals surface area contributed by atoms with E-state index in [1.807, 2.05) is 53.4 Å². The average Bonchev–Trinajstić information content (AvgIpc) is 2.68. The Hall–Kier alpha value is -2.04. The number of nitrogens with zero attached hydrogens (tertiary/aromatic N) is 1. The lowest BCUT2D eigenvalue weighted by Gasteiger charge is -2.34. The Morgan fingerprint density at radius 2 is 2.00 bits per heavy atom. The number of halogens is 1. The fraction of sp³-hybridized carbons (Fsp3) is 0.381. The van der Waals surface area contributed by atoms with Gasteiger partial charge in [0.15, 0.2) is 0 Å². The number of morpholine rings is 1. The second-order valence-electron chi connectivity index (χ2n) is 6.60. The van der Waals surface area contributed by atoms with Crippen molar-refractivity contribution in [2.75, 3.05) is 26.8 Å². The summed E-state index contributed by atoms with van der Waals surface area (Å²) < 4.78 is 11.0. The number of ether oxygens (including phenoxy) is 2. The van der Waals surface area contributed by atoms with Crippen LogP contribution in [0.2, 0.25) is 5.02 Å². The lowest BCUT2D eigenvalue weighted by Crippen LogP contribution is -2.42. The summed E-state index contributed by atoms with van der Waals surface area (Å²) in [6, 6.07) is 15.5. The number of methoxy groups -OCH3 is 1. The van der Waals surface area contributed by atoms with E-state index in [0.717, 1.165) is 16.9 Å². The first-order valence-electron chi connectivity index (χ1n) is 8.86. The second kappa shape index (κ2) is 8.56. The highest BCUT2D eigenvalue weighted by molar-refractivity contribution is 6.31. The van der Waals surface area contributed by atoms with Crippen LogP contribution in [0, 0.1) is 0 Å². The third-order valence-electron chi connectivity index (χ3n) is 4.84. The molecule has 5 heteroatoms. The first kappa shape index (κ1) is 18.7. The molecule has 1 aliphatic rings. The standard InChI is InChI=1S/C21H24ClNO3/c1-15(16-7-9-17(25-2)10-8-16)13-21(24)23-11-12-26-20(14-23)18-5-3-4-6-19(18)22/h3-10,15,20H,11-14H2,1-2H3. The van der Waals surface area contributed by atoms with Gasteiger partial charge in [-0.15, -0.1) is 0 Å². The number of carbonyl (C=O) groups excluding carboxylic acids is 1. The van der Waals surface area contributed by atoms with E-state index >= 15 is 0 Å². The van der Waals surface area contributed by atoms with Crippen LogP contribution in [0.25, 0.3) is 0 Å². The van der Waals surface area contributed by atoms with Gasteiger partial charge in [-0.2, -0.15) is 0 Å². The lowest BCUT2D eigenvalue weighted by molar-refractivity contribution is -0.139. The van der Waals surface area contributed by atoms with Crippen molar-refractivity contribution < 1.29 is 14.3 Å². The van der Waals surface area contributed by atoms with Crippen molar-refractivity contribution in [2.45, 2.75) is 25.4 Å². The summed E-state index contributed by atoms with van der Waals surface area (Å²) in [6.45, 7) is 3.76. The molecule has 0 saturated carbocycles. The van der Waals surface area contributed by atoms with Gasteiger partial charge in [0.2, 0.25) is 5.91 Å². The van der Waals surface area contributed by atoms with Crippen LogP contribution in [0.15, 0.2) is 48.5 Å². The summed E-state index contributed by atoms with van der Waals surface area (Å²) in [5.41, 5.74) is 2.07. The van der Waals surface area contributed by atoms with E-state index in [1.54, 1.807) is 7.11 Å². The van der Waals surface area contributed by atoms with Crippen LogP contribution in [0.5, 0.6) is 5.75 Å². The van der Waals surface area contributed by atoms with Gasteiger partial charge in [-0.25, -0.2) is 0 Å². The zero-order valence-corrected chi connectivity index (χ0v) is 15.9. The highest BCUT2D eigenvalue weighted by Crippen LogP contribution is 2.29. The molecule has 3 rings (SSSR count). The maximum Gasteiger partial charge on any atom is 0.223 e. The van der Waals surface area contributed by atoms with Crippen LogP contribution in [-0.2, 0) is 9.53 Å². The van der Waals surface area contributed by atoms with Crippen molar-refractivity contribution in [3.8, 4) is 5.75 Å². The van der Waals surface area contributed by atoms with E-state index in [9.17, 15) is 4.79 Å². The Morgan fingerprint density at radius 3 is 2.69 bits per heavy atom. The molecule has 1 saturated heterocycles. The molecule has 1 heterocycles. The maximum atomic E-state index is 12.8. The molecule has 0 spiro atoms. The summed E-state index contributed by atoms with van der Waals surface area (Å²) in [7, 11) is 1.65. The van der Waals surface area contributed by atoms with Gasteiger partial charge >= 0.3 is 0 Å². The highest BCUT2D eigenvalue weighted by atomic mass is 35.5. The number of hydrogen-bond donors (Lipinski definition) is 0. The van der Waals surface area contributed by atoms with E-state index in [0.29, 0.717) is 31.1 Å². The molecule has 0 N–H and O–H groups in total. The van der Waals surface area contributed by atoms with Gasteiger partial charge in [-0.3, -0.25) is 4.79 Å². The Balaban J connectivity index is 1.62. The van der Waals surface area contributed by atoms with Crippen LogP contribution in [0.3, 0.4) is 0 Å². The first-order valence-corrected chi connectivity index (χ1v) is 9.24. The zero-order valence-electron chi connectivity index (χ0n) is 15.2. The van der Waals surface area contributed by atoms with E-state index in [4.69, 9.17) is 21.1 Å². The van der Waals surface area contributed by atoms with Crippen LogP contribution in [-0.4, -0.2) is 37.6 Å². The van der Waals surface area contributed by atoms with Crippen LogP contribution >= 0.6 is 11.6 Å². The smallest absolute Gasteiger partial charge is 0.223 e. The van der Waals surface area contributed by atoms with Crippen molar-refractivity contribution in [2.24, 2.45) is 0 Å². The third kappa shape index (κ3) is 4.37. The molecule has 1 aliphatic heterocycles. The summed E-state index contributed by atoms with van der Waals surface area (Å²) in [6.07, 6.45) is 0.305. The molecule has 0 bridgehead atoms. The van der Waals surface area contributed by atoms with Crippen LogP contribution < -0.4 is 4.74 Å². The Morgan fingerprint density at radius 1 is 1.27 bits per heavy atom. The molecule has 4 nitrogen and oxygen atoms in total. The van der Waals surface area contributed by atoms with E-state index in [2.05, 4.69) is 6.92 Å². The average molecular weight is 374 g/mol. The number of amides is 1. The molecule has 0 radical (unpaired) electrons. The molecule has 2 aromatic carbocycles. The normalized spacial score (nSPS) is 18.4. The lowest BCUT2D eigenvalue weighted by atomic mass is 9.96. The van der Waals surface area contributed by atoms with Crippen molar-refractivity contribution in [1.82, 2.24) is 4.90 Å². The predicted molar refractivity (Wildman–Crippen MR) is 103 cm³/mol. The van der Waals surface area contributed by atoms with E-state index in [1.165, 1.54) is 0 Å². The highest BCUT2D eigenvalue weighted by Gasteiger charge is 2.27. The van der Waals surface area contributed by atoms with Gasteiger partial charge in [0.25, 0.3) is 0 Å².